The largest absolute Gasteiger partial charge is 0.495 e. The van der Waals surface area contributed by atoms with E-state index in [1.165, 1.54) is 0 Å². The van der Waals surface area contributed by atoms with Gasteiger partial charge in [-0.3, -0.25) is 4.40 Å². The lowest BCUT2D eigenvalue weighted by atomic mass is 9.95. The molecule has 108 valence electrons. The monoisotopic (exact) mass is 274 g/mol. The molecule has 5 nitrogen and oxygen atoms in total. The number of rotatable bonds is 3. The lowest BCUT2D eigenvalue weighted by Gasteiger charge is -2.33. The van der Waals surface area contributed by atoms with Crippen LogP contribution in [0, 0.1) is 0 Å². The number of piperidine rings is 1. The second-order valence-electron chi connectivity index (χ2n) is 5.76. The first kappa shape index (κ1) is 13.4. The first-order valence-corrected chi connectivity index (χ1v) is 7.31. The van der Waals surface area contributed by atoms with Crippen molar-refractivity contribution in [2.45, 2.75) is 38.6 Å². The number of pyridine rings is 1. The van der Waals surface area contributed by atoms with Gasteiger partial charge in [0, 0.05) is 12.0 Å². The zero-order valence-corrected chi connectivity index (χ0v) is 12.4. The summed E-state index contributed by atoms with van der Waals surface area (Å²) in [5, 5.41) is 8.67. The van der Waals surface area contributed by atoms with Crippen molar-refractivity contribution >= 4 is 5.65 Å². The standard InChI is InChI=1S/C15H22N4O/c1-11(2)18-8-6-12(7-9-18)15-17-16-14-5-4-13(20-3)10-19(14)15/h4-5,10-12H,6-9H2,1-3H3. The van der Waals surface area contributed by atoms with Crippen LogP contribution in [-0.4, -0.2) is 45.7 Å². The Morgan fingerprint density at radius 1 is 1.20 bits per heavy atom. The second-order valence-corrected chi connectivity index (χ2v) is 5.76. The van der Waals surface area contributed by atoms with Gasteiger partial charge in [0.15, 0.2) is 5.65 Å². The average Bonchev–Trinajstić information content (AvgIpc) is 2.90. The van der Waals surface area contributed by atoms with E-state index in [0.29, 0.717) is 12.0 Å². The van der Waals surface area contributed by atoms with Crippen molar-refractivity contribution in [2.24, 2.45) is 0 Å². The maximum Gasteiger partial charge on any atom is 0.161 e. The molecule has 1 aliphatic rings. The molecule has 0 radical (unpaired) electrons. The molecule has 0 aliphatic carbocycles. The third-order valence-corrected chi connectivity index (χ3v) is 4.26. The molecule has 1 saturated heterocycles. The Morgan fingerprint density at radius 2 is 1.95 bits per heavy atom. The van der Waals surface area contributed by atoms with E-state index in [4.69, 9.17) is 4.74 Å². The fourth-order valence-corrected chi connectivity index (χ4v) is 2.96. The highest BCUT2D eigenvalue weighted by atomic mass is 16.5. The van der Waals surface area contributed by atoms with E-state index in [1.54, 1.807) is 7.11 Å². The highest BCUT2D eigenvalue weighted by molar-refractivity contribution is 5.41. The number of likely N-dealkylation sites (tertiary alicyclic amines) is 1. The van der Waals surface area contributed by atoms with Crippen LogP contribution in [0.15, 0.2) is 18.3 Å². The van der Waals surface area contributed by atoms with Gasteiger partial charge in [0.25, 0.3) is 0 Å². The number of hydrogen-bond donors (Lipinski definition) is 0. The highest BCUT2D eigenvalue weighted by Crippen LogP contribution is 2.28. The normalized spacial score (nSPS) is 18.0. The Bertz CT molecular complexity index is 585. The lowest BCUT2D eigenvalue weighted by Crippen LogP contribution is -2.38. The quantitative estimate of drug-likeness (QED) is 0.861. The fourth-order valence-electron chi connectivity index (χ4n) is 2.96. The zero-order chi connectivity index (χ0) is 14.1. The number of fused-ring (bicyclic) bond motifs is 1. The topological polar surface area (TPSA) is 42.7 Å². The molecule has 0 atom stereocenters. The summed E-state index contributed by atoms with van der Waals surface area (Å²) in [6.45, 7) is 6.80. The molecular weight excluding hydrogens is 252 g/mol. The van der Waals surface area contributed by atoms with Crippen molar-refractivity contribution in [1.82, 2.24) is 19.5 Å². The molecule has 2 aromatic rings. The molecule has 1 fully saturated rings. The molecule has 0 N–H and O–H groups in total. The molecule has 20 heavy (non-hydrogen) atoms. The Balaban J connectivity index is 1.84. The van der Waals surface area contributed by atoms with E-state index in [9.17, 15) is 0 Å². The van der Waals surface area contributed by atoms with Crippen LogP contribution in [-0.2, 0) is 0 Å². The van der Waals surface area contributed by atoms with Gasteiger partial charge in [-0.25, -0.2) is 0 Å². The van der Waals surface area contributed by atoms with Crippen molar-refractivity contribution in [3.8, 4) is 5.75 Å². The highest BCUT2D eigenvalue weighted by Gasteiger charge is 2.25. The number of aromatic nitrogens is 3. The summed E-state index contributed by atoms with van der Waals surface area (Å²) in [4.78, 5) is 2.53. The van der Waals surface area contributed by atoms with E-state index < -0.39 is 0 Å². The molecule has 3 heterocycles. The molecule has 0 saturated carbocycles. The van der Waals surface area contributed by atoms with Crippen LogP contribution in [0.5, 0.6) is 5.75 Å². The van der Waals surface area contributed by atoms with E-state index in [1.807, 2.05) is 18.3 Å². The van der Waals surface area contributed by atoms with E-state index in [-0.39, 0.29) is 0 Å². The van der Waals surface area contributed by atoms with Crippen molar-refractivity contribution in [3.63, 3.8) is 0 Å². The molecule has 0 spiro atoms. The third kappa shape index (κ3) is 2.38. The van der Waals surface area contributed by atoms with Gasteiger partial charge in [-0.2, -0.15) is 0 Å². The minimum atomic E-state index is 0.493. The molecule has 2 aromatic heterocycles. The summed E-state index contributed by atoms with van der Waals surface area (Å²) in [5.74, 6) is 2.41. The fraction of sp³-hybridized carbons (Fsp3) is 0.600. The Kier molecular flexibility index (Phi) is 3.61. The molecule has 0 amide bonds. The van der Waals surface area contributed by atoms with Crippen LogP contribution in [0.4, 0.5) is 0 Å². The van der Waals surface area contributed by atoms with Crippen LogP contribution in [0.25, 0.3) is 5.65 Å². The SMILES string of the molecule is COc1ccc2nnc(C3CCN(C(C)C)CC3)n2c1. The summed E-state index contributed by atoms with van der Waals surface area (Å²) in [6.07, 6.45) is 4.28. The summed E-state index contributed by atoms with van der Waals surface area (Å²) in [7, 11) is 1.69. The van der Waals surface area contributed by atoms with Crippen LogP contribution in [0.1, 0.15) is 38.4 Å². The molecule has 0 aromatic carbocycles. The number of nitrogens with zero attached hydrogens (tertiary/aromatic N) is 4. The van der Waals surface area contributed by atoms with Crippen molar-refractivity contribution in [2.75, 3.05) is 20.2 Å². The lowest BCUT2D eigenvalue weighted by molar-refractivity contribution is 0.169. The Morgan fingerprint density at radius 3 is 2.60 bits per heavy atom. The van der Waals surface area contributed by atoms with Gasteiger partial charge < -0.3 is 9.64 Å². The molecule has 0 unspecified atom stereocenters. The van der Waals surface area contributed by atoms with Gasteiger partial charge in [-0.05, 0) is 51.9 Å². The van der Waals surface area contributed by atoms with Crippen LogP contribution in [0.3, 0.4) is 0 Å². The molecule has 5 heteroatoms. The zero-order valence-electron chi connectivity index (χ0n) is 12.4. The van der Waals surface area contributed by atoms with Gasteiger partial charge in [0.2, 0.25) is 0 Å². The van der Waals surface area contributed by atoms with Crippen LogP contribution in [0.2, 0.25) is 0 Å². The van der Waals surface area contributed by atoms with Gasteiger partial charge >= 0.3 is 0 Å². The average molecular weight is 274 g/mol. The van der Waals surface area contributed by atoms with Crippen molar-refractivity contribution in [1.29, 1.82) is 0 Å². The molecular formula is C15H22N4O. The van der Waals surface area contributed by atoms with Gasteiger partial charge in [-0.1, -0.05) is 0 Å². The number of hydrogen-bond acceptors (Lipinski definition) is 4. The maximum absolute atomic E-state index is 5.30. The van der Waals surface area contributed by atoms with Crippen LogP contribution < -0.4 is 4.74 Å². The van der Waals surface area contributed by atoms with E-state index in [2.05, 4.69) is 33.3 Å². The summed E-state index contributed by atoms with van der Waals surface area (Å²) in [5.41, 5.74) is 0.895. The van der Waals surface area contributed by atoms with Crippen LogP contribution >= 0.6 is 0 Å². The third-order valence-electron chi connectivity index (χ3n) is 4.26. The molecule has 0 bridgehead atoms. The minimum absolute atomic E-state index is 0.493. The first-order valence-electron chi connectivity index (χ1n) is 7.31. The first-order chi connectivity index (χ1) is 9.69. The predicted octanol–water partition coefficient (Wildman–Crippen LogP) is 2.33. The smallest absolute Gasteiger partial charge is 0.161 e. The Labute approximate surface area is 119 Å². The predicted molar refractivity (Wildman–Crippen MR) is 78.2 cm³/mol. The number of methoxy groups -OCH3 is 1. The second kappa shape index (κ2) is 5.40. The van der Waals surface area contributed by atoms with E-state index in [0.717, 1.165) is 43.2 Å². The van der Waals surface area contributed by atoms with Gasteiger partial charge in [0.05, 0.1) is 13.3 Å². The van der Waals surface area contributed by atoms with Crippen molar-refractivity contribution < 1.29 is 4.74 Å². The van der Waals surface area contributed by atoms with Gasteiger partial charge in [0.1, 0.15) is 11.6 Å². The van der Waals surface area contributed by atoms with Crippen molar-refractivity contribution in [3.05, 3.63) is 24.2 Å². The van der Waals surface area contributed by atoms with E-state index >= 15 is 0 Å². The summed E-state index contributed by atoms with van der Waals surface area (Å²) in [6, 6.07) is 4.51. The summed E-state index contributed by atoms with van der Waals surface area (Å²) >= 11 is 0. The van der Waals surface area contributed by atoms with Gasteiger partial charge in [-0.15, -0.1) is 10.2 Å². The minimum Gasteiger partial charge on any atom is -0.495 e. The summed E-state index contributed by atoms with van der Waals surface area (Å²) < 4.78 is 7.38. The maximum atomic E-state index is 5.30. The molecule has 1 aliphatic heterocycles. The molecule has 3 rings (SSSR count). The number of ether oxygens (including phenoxy) is 1. The Hall–Kier alpha value is -1.62.